The second-order valence-electron chi connectivity index (χ2n) is 8.63. The van der Waals surface area contributed by atoms with Crippen molar-refractivity contribution in [3.05, 3.63) is 65.0 Å². The molecule has 0 amide bonds. The molecule has 2 N–H and O–H groups in total. The molecule has 1 atom stereocenters. The summed E-state index contributed by atoms with van der Waals surface area (Å²) in [6, 6.07) is 15.2. The molecule has 2 aromatic carbocycles. The Kier molecular flexibility index (Phi) is 6.86. The van der Waals surface area contributed by atoms with Gasteiger partial charge < -0.3 is 15.2 Å². The van der Waals surface area contributed by atoms with Crippen LogP contribution < -0.4 is 5.73 Å². The van der Waals surface area contributed by atoms with Gasteiger partial charge in [-0.1, -0.05) is 44.2 Å². The first-order chi connectivity index (χ1) is 14.7. The van der Waals surface area contributed by atoms with Crippen LogP contribution in [0, 0.1) is 0 Å². The van der Waals surface area contributed by atoms with Gasteiger partial charge in [-0.05, 0) is 87.0 Å². The van der Waals surface area contributed by atoms with Gasteiger partial charge in [0.05, 0.1) is 17.1 Å². The first-order valence-corrected chi connectivity index (χ1v) is 11.7. The molecule has 0 radical (unpaired) electrons. The maximum Gasteiger partial charge on any atom is 0.127 e. The standard InChI is InChI=1S/C26H36N4/c1-3-21-13-12-20(18-22(21)4-2)19-23(27)26-28-24-10-5-6-11-25(24)30(26)17-9-16-29-14-7-8-15-29/h5-6,10-13,18,23H,3-4,7-9,14-17,19,27H2,1-2H3. The zero-order valence-corrected chi connectivity index (χ0v) is 18.6. The molecule has 3 aromatic rings. The lowest BCUT2D eigenvalue weighted by atomic mass is 9.97. The number of rotatable bonds is 9. The summed E-state index contributed by atoms with van der Waals surface area (Å²) in [6.45, 7) is 9.12. The third-order valence-electron chi connectivity index (χ3n) is 6.56. The van der Waals surface area contributed by atoms with E-state index < -0.39 is 0 Å². The zero-order valence-electron chi connectivity index (χ0n) is 18.6. The Morgan fingerprint density at radius 2 is 1.73 bits per heavy atom. The van der Waals surface area contributed by atoms with E-state index in [1.165, 1.54) is 54.7 Å². The van der Waals surface area contributed by atoms with E-state index >= 15 is 0 Å². The molecule has 4 rings (SSSR count). The molecule has 1 unspecified atom stereocenters. The van der Waals surface area contributed by atoms with Crippen molar-refractivity contribution in [3.63, 3.8) is 0 Å². The summed E-state index contributed by atoms with van der Waals surface area (Å²) in [5, 5.41) is 0. The Labute approximate surface area is 181 Å². The fourth-order valence-corrected chi connectivity index (χ4v) is 4.90. The van der Waals surface area contributed by atoms with Crippen LogP contribution in [-0.2, 0) is 25.8 Å². The number of hydrogen-bond donors (Lipinski definition) is 1. The number of hydrogen-bond acceptors (Lipinski definition) is 3. The van der Waals surface area contributed by atoms with Crippen LogP contribution in [0.15, 0.2) is 42.5 Å². The summed E-state index contributed by atoms with van der Waals surface area (Å²) >= 11 is 0. The summed E-state index contributed by atoms with van der Waals surface area (Å²) in [5.74, 6) is 1.02. The quantitative estimate of drug-likeness (QED) is 0.552. The van der Waals surface area contributed by atoms with Gasteiger partial charge in [0.2, 0.25) is 0 Å². The topological polar surface area (TPSA) is 47.1 Å². The highest BCUT2D eigenvalue weighted by molar-refractivity contribution is 5.76. The van der Waals surface area contributed by atoms with Crippen LogP contribution in [0.25, 0.3) is 11.0 Å². The van der Waals surface area contributed by atoms with Gasteiger partial charge in [0.25, 0.3) is 0 Å². The van der Waals surface area contributed by atoms with E-state index in [2.05, 4.69) is 65.8 Å². The molecule has 0 spiro atoms. The summed E-state index contributed by atoms with van der Waals surface area (Å²) in [4.78, 5) is 7.54. The van der Waals surface area contributed by atoms with Gasteiger partial charge in [-0.3, -0.25) is 0 Å². The number of nitrogens with zero attached hydrogens (tertiary/aromatic N) is 3. The number of fused-ring (bicyclic) bond motifs is 1. The van der Waals surface area contributed by atoms with E-state index in [0.29, 0.717) is 0 Å². The predicted octanol–water partition coefficient (Wildman–Crippen LogP) is 4.89. The molecule has 1 saturated heterocycles. The molecular formula is C26H36N4. The van der Waals surface area contributed by atoms with Gasteiger partial charge in [-0.25, -0.2) is 4.98 Å². The summed E-state index contributed by atoms with van der Waals surface area (Å²) < 4.78 is 2.37. The van der Waals surface area contributed by atoms with E-state index in [1.54, 1.807) is 0 Å². The van der Waals surface area contributed by atoms with Crippen molar-refractivity contribution in [2.24, 2.45) is 5.73 Å². The zero-order chi connectivity index (χ0) is 20.9. The molecular weight excluding hydrogens is 368 g/mol. The Bertz CT molecular complexity index is 968. The maximum atomic E-state index is 6.75. The second kappa shape index (κ2) is 9.76. The van der Waals surface area contributed by atoms with Crippen molar-refractivity contribution in [2.75, 3.05) is 19.6 Å². The number of nitrogens with two attached hydrogens (primary N) is 1. The fourth-order valence-electron chi connectivity index (χ4n) is 4.90. The first-order valence-electron chi connectivity index (χ1n) is 11.7. The van der Waals surface area contributed by atoms with Gasteiger partial charge in [-0.15, -0.1) is 0 Å². The Balaban J connectivity index is 1.54. The fraction of sp³-hybridized carbons (Fsp3) is 0.500. The SMILES string of the molecule is CCc1ccc(CC(N)c2nc3ccccc3n2CCCN2CCCC2)cc1CC. The van der Waals surface area contributed by atoms with Crippen molar-refractivity contribution in [2.45, 2.75) is 65.0 Å². The van der Waals surface area contributed by atoms with Crippen LogP contribution in [0.2, 0.25) is 0 Å². The third-order valence-corrected chi connectivity index (χ3v) is 6.56. The molecule has 1 aromatic heterocycles. The molecule has 1 aliphatic heterocycles. The summed E-state index contributed by atoms with van der Waals surface area (Å²) in [5.41, 5.74) is 13.2. The van der Waals surface area contributed by atoms with Crippen molar-refractivity contribution in [1.29, 1.82) is 0 Å². The van der Waals surface area contributed by atoms with Crippen LogP contribution in [0.3, 0.4) is 0 Å². The smallest absolute Gasteiger partial charge is 0.127 e. The van der Waals surface area contributed by atoms with Gasteiger partial charge >= 0.3 is 0 Å². The van der Waals surface area contributed by atoms with Crippen LogP contribution in [0.4, 0.5) is 0 Å². The van der Waals surface area contributed by atoms with E-state index in [9.17, 15) is 0 Å². The van der Waals surface area contributed by atoms with E-state index in [-0.39, 0.29) is 6.04 Å². The molecule has 0 bridgehead atoms. The minimum atomic E-state index is -0.0960. The average Bonchev–Trinajstić information content (AvgIpc) is 3.42. The highest BCUT2D eigenvalue weighted by Gasteiger charge is 2.18. The van der Waals surface area contributed by atoms with Crippen molar-refractivity contribution >= 4 is 11.0 Å². The molecule has 0 aliphatic carbocycles. The lowest BCUT2D eigenvalue weighted by molar-refractivity contribution is 0.324. The minimum absolute atomic E-state index is 0.0960. The molecule has 2 heterocycles. The number of aromatic nitrogens is 2. The lowest BCUT2D eigenvalue weighted by Crippen LogP contribution is -2.23. The Morgan fingerprint density at radius 3 is 2.50 bits per heavy atom. The molecule has 4 heteroatoms. The molecule has 1 aliphatic rings. The number of likely N-dealkylation sites (tertiary alicyclic amines) is 1. The minimum Gasteiger partial charge on any atom is -0.327 e. The molecule has 4 nitrogen and oxygen atoms in total. The summed E-state index contributed by atoms with van der Waals surface area (Å²) in [6.07, 6.45) is 6.82. The van der Waals surface area contributed by atoms with Crippen LogP contribution >= 0.6 is 0 Å². The van der Waals surface area contributed by atoms with Gasteiger partial charge in [0.1, 0.15) is 5.82 Å². The van der Waals surface area contributed by atoms with E-state index in [4.69, 9.17) is 10.7 Å². The average molecular weight is 405 g/mol. The largest absolute Gasteiger partial charge is 0.327 e. The van der Waals surface area contributed by atoms with Crippen LogP contribution in [0.5, 0.6) is 0 Å². The normalized spacial score (nSPS) is 15.8. The number of benzene rings is 2. The second-order valence-corrected chi connectivity index (χ2v) is 8.63. The number of aryl methyl sites for hydroxylation is 3. The molecule has 1 fully saturated rings. The number of imidazole rings is 1. The third kappa shape index (κ3) is 4.60. The van der Waals surface area contributed by atoms with Gasteiger partial charge in [-0.2, -0.15) is 0 Å². The highest BCUT2D eigenvalue weighted by atomic mass is 15.1. The van der Waals surface area contributed by atoms with E-state index in [1.807, 2.05) is 0 Å². The van der Waals surface area contributed by atoms with Crippen LogP contribution in [0.1, 0.15) is 61.7 Å². The van der Waals surface area contributed by atoms with Gasteiger partial charge in [0.15, 0.2) is 0 Å². The highest BCUT2D eigenvalue weighted by Crippen LogP contribution is 2.24. The molecule has 0 saturated carbocycles. The Morgan fingerprint density at radius 1 is 0.967 bits per heavy atom. The Hall–Kier alpha value is -2.17. The van der Waals surface area contributed by atoms with E-state index in [0.717, 1.165) is 43.6 Å². The van der Waals surface area contributed by atoms with Crippen molar-refractivity contribution < 1.29 is 0 Å². The molecule has 30 heavy (non-hydrogen) atoms. The monoisotopic (exact) mass is 404 g/mol. The molecule has 160 valence electrons. The lowest BCUT2D eigenvalue weighted by Gasteiger charge is -2.18. The summed E-state index contributed by atoms with van der Waals surface area (Å²) in [7, 11) is 0. The first kappa shape index (κ1) is 21.1. The predicted molar refractivity (Wildman–Crippen MR) is 126 cm³/mol. The number of para-hydroxylation sites is 2. The van der Waals surface area contributed by atoms with Crippen molar-refractivity contribution in [3.8, 4) is 0 Å². The van der Waals surface area contributed by atoms with Crippen molar-refractivity contribution in [1.82, 2.24) is 14.5 Å². The van der Waals surface area contributed by atoms with Gasteiger partial charge in [0, 0.05) is 6.54 Å². The van der Waals surface area contributed by atoms with Crippen LogP contribution in [-0.4, -0.2) is 34.1 Å². The maximum absolute atomic E-state index is 6.75.